The molecule has 0 spiro atoms. The summed E-state index contributed by atoms with van der Waals surface area (Å²) in [6, 6.07) is 43.4. The van der Waals surface area contributed by atoms with Crippen molar-refractivity contribution in [2.75, 3.05) is 0 Å². The third kappa shape index (κ3) is 9.55. The highest BCUT2D eigenvalue weighted by atomic mass is 16.6. The first-order valence-corrected chi connectivity index (χ1v) is 15.1. The lowest BCUT2D eigenvalue weighted by Crippen LogP contribution is -2.04. The molecule has 0 N–H and O–H groups in total. The molecule has 12 heteroatoms. The van der Waals surface area contributed by atoms with Crippen molar-refractivity contribution >= 4 is 34.4 Å². The standard InChI is InChI=1S/3C13H9NO3/c3*15-13(10-6-2-1-3-7-10)11-8-4-5-9-12(11)14(16)17/h3*1-9H. The Morgan fingerprint density at radius 1 is 0.314 bits per heavy atom. The molecule has 0 unspecified atom stereocenters. The van der Waals surface area contributed by atoms with E-state index < -0.39 is 14.8 Å². The lowest BCUT2D eigenvalue weighted by Gasteiger charge is -2.01. The number of nitro benzene ring substituents is 3. The number of nitro groups is 3. The fourth-order valence-electron chi connectivity index (χ4n) is 4.71. The van der Waals surface area contributed by atoms with Crippen molar-refractivity contribution in [2.24, 2.45) is 0 Å². The van der Waals surface area contributed by atoms with Gasteiger partial charge in [0.15, 0.2) is 17.3 Å². The van der Waals surface area contributed by atoms with E-state index in [1.807, 2.05) is 0 Å². The van der Waals surface area contributed by atoms with Crippen LogP contribution in [-0.2, 0) is 0 Å². The van der Waals surface area contributed by atoms with E-state index in [1.54, 1.807) is 127 Å². The summed E-state index contributed by atoms with van der Waals surface area (Å²) in [6.45, 7) is 0. The maximum Gasteiger partial charge on any atom is 0.280 e. The van der Waals surface area contributed by atoms with Crippen LogP contribution in [0.3, 0.4) is 0 Å². The Morgan fingerprint density at radius 2 is 0.510 bits per heavy atom. The molecule has 0 saturated carbocycles. The zero-order valence-corrected chi connectivity index (χ0v) is 26.6. The second kappa shape index (κ2) is 17.6. The first-order chi connectivity index (χ1) is 24.6. The molecular formula is C39H27N3O9. The summed E-state index contributed by atoms with van der Waals surface area (Å²) >= 11 is 0. The fourth-order valence-corrected chi connectivity index (χ4v) is 4.71. The molecule has 0 radical (unpaired) electrons. The van der Waals surface area contributed by atoms with E-state index in [4.69, 9.17) is 0 Å². The van der Waals surface area contributed by atoms with Crippen molar-refractivity contribution in [3.05, 3.63) is 228 Å². The molecule has 0 heterocycles. The number of rotatable bonds is 9. The zero-order chi connectivity index (χ0) is 36.8. The van der Waals surface area contributed by atoms with Gasteiger partial charge in [-0.05, 0) is 18.2 Å². The molecule has 0 bridgehead atoms. The maximum absolute atomic E-state index is 12.1. The van der Waals surface area contributed by atoms with Crippen LogP contribution >= 0.6 is 0 Å². The quantitative estimate of drug-likeness (QED) is 0.0821. The minimum atomic E-state index is -0.545. The van der Waals surface area contributed by atoms with Gasteiger partial charge in [0.1, 0.15) is 16.7 Å². The van der Waals surface area contributed by atoms with Gasteiger partial charge in [0.2, 0.25) is 0 Å². The highest BCUT2D eigenvalue weighted by molar-refractivity contribution is 6.12. The second-order valence-corrected chi connectivity index (χ2v) is 10.4. The molecule has 6 aromatic carbocycles. The molecule has 6 aromatic rings. The molecule has 6 rings (SSSR count). The Bertz CT molecular complexity index is 1940. The summed E-state index contributed by atoms with van der Waals surface area (Å²) in [4.78, 5) is 67.0. The van der Waals surface area contributed by atoms with Gasteiger partial charge in [0, 0.05) is 34.9 Å². The smallest absolute Gasteiger partial charge is 0.280 e. The number of para-hydroxylation sites is 3. The van der Waals surface area contributed by atoms with Gasteiger partial charge in [0.25, 0.3) is 17.1 Å². The summed E-state index contributed by atoms with van der Waals surface area (Å²) in [5.41, 5.74) is 1.19. The van der Waals surface area contributed by atoms with Crippen LogP contribution in [0.1, 0.15) is 47.8 Å². The van der Waals surface area contributed by atoms with E-state index in [2.05, 4.69) is 0 Å². The van der Waals surface area contributed by atoms with Gasteiger partial charge in [-0.1, -0.05) is 127 Å². The van der Waals surface area contributed by atoms with Crippen LogP contribution in [0.4, 0.5) is 17.1 Å². The number of nitrogens with zero attached hydrogens (tertiary/aromatic N) is 3. The van der Waals surface area contributed by atoms with E-state index in [-0.39, 0.29) is 51.1 Å². The summed E-state index contributed by atoms with van der Waals surface area (Å²) < 4.78 is 0. The molecule has 0 aromatic heterocycles. The lowest BCUT2D eigenvalue weighted by molar-refractivity contribution is -0.385. The molecule has 51 heavy (non-hydrogen) atoms. The molecule has 252 valence electrons. The number of carbonyl (C=O) groups is 3. The number of hydrogen-bond donors (Lipinski definition) is 0. The van der Waals surface area contributed by atoms with Crippen molar-refractivity contribution in [1.29, 1.82) is 0 Å². The average Bonchev–Trinajstić information content (AvgIpc) is 3.18. The van der Waals surface area contributed by atoms with Gasteiger partial charge >= 0.3 is 0 Å². The van der Waals surface area contributed by atoms with Gasteiger partial charge in [-0.25, -0.2) is 0 Å². The number of hydrogen-bond acceptors (Lipinski definition) is 9. The van der Waals surface area contributed by atoms with Crippen molar-refractivity contribution < 1.29 is 29.2 Å². The third-order valence-corrected chi connectivity index (χ3v) is 7.14. The summed E-state index contributed by atoms with van der Waals surface area (Å²) in [5.74, 6) is -1.01. The molecule has 12 nitrogen and oxygen atoms in total. The molecular weight excluding hydrogens is 654 g/mol. The van der Waals surface area contributed by atoms with Crippen LogP contribution < -0.4 is 0 Å². The van der Waals surface area contributed by atoms with Crippen LogP contribution in [0.25, 0.3) is 0 Å². The van der Waals surface area contributed by atoms with Crippen LogP contribution in [-0.4, -0.2) is 32.1 Å². The summed E-state index contributed by atoms with van der Waals surface area (Å²) in [6.07, 6.45) is 0. The topological polar surface area (TPSA) is 181 Å². The van der Waals surface area contributed by atoms with E-state index in [1.165, 1.54) is 36.4 Å². The van der Waals surface area contributed by atoms with E-state index >= 15 is 0 Å². The zero-order valence-electron chi connectivity index (χ0n) is 26.6. The maximum atomic E-state index is 12.1. The van der Waals surface area contributed by atoms with Gasteiger partial charge in [-0.2, -0.15) is 0 Å². The second-order valence-electron chi connectivity index (χ2n) is 10.4. The largest absolute Gasteiger partial charge is 0.288 e. The van der Waals surface area contributed by atoms with Crippen LogP contribution in [0, 0.1) is 30.3 Å². The normalized spacial score (nSPS) is 9.88. The predicted molar refractivity (Wildman–Crippen MR) is 189 cm³/mol. The van der Waals surface area contributed by atoms with Crippen LogP contribution in [0.2, 0.25) is 0 Å². The molecule has 0 aliphatic carbocycles. The first-order valence-electron chi connectivity index (χ1n) is 15.1. The Labute approximate surface area is 290 Å². The Hall–Kier alpha value is -7.47. The van der Waals surface area contributed by atoms with Gasteiger partial charge in [0.05, 0.1) is 14.8 Å². The molecule has 0 amide bonds. The highest BCUT2D eigenvalue weighted by Gasteiger charge is 2.22. The molecule has 0 atom stereocenters. The lowest BCUT2D eigenvalue weighted by atomic mass is 10.0. The van der Waals surface area contributed by atoms with E-state index in [9.17, 15) is 44.7 Å². The molecule has 0 saturated heterocycles. The summed E-state index contributed by atoms with van der Waals surface area (Å²) in [5, 5.41) is 32.4. The van der Waals surface area contributed by atoms with Crippen LogP contribution in [0.5, 0.6) is 0 Å². The first kappa shape index (κ1) is 36.4. The molecule has 0 aliphatic rings. The van der Waals surface area contributed by atoms with Gasteiger partial charge in [-0.15, -0.1) is 0 Å². The van der Waals surface area contributed by atoms with Crippen molar-refractivity contribution in [3.8, 4) is 0 Å². The van der Waals surface area contributed by atoms with Crippen molar-refractivity contribution in [3.63, 3.8) is 0 Å². The number of carbonyl (C=O) groups excluding carboxylic acids is 3. The monoisotopic (exact) mass is 681 g/mol. The minimum Gasteiger partial charge on any atom is -0.288 e. The Kier molecular flexibility index (Phi) is 12.6. The Morgan fingerprint density at radius 3 is 0.725 bits per heavy atom. The van der Waals surface area contributed by atoms with Gasteiger partial charge in [-0.3, -0.25) is 44.7 Å². The number of ketones is 3. The number of benzene rings is 6. The van der Waals surface area contributed by atoms with E-state index in [0.29, 0.717) is 16.7 Å². The minimum absolute atomic E-state index is 0.115. The third-order valence-electron chi connectivity index (χ3n) is 7.14. The SMILES string of the molecule is O=C(c1ccccc1)c1ccccc1[N+](=O)[O-].O=C(c1ccccc1)c1ccccc1[N+](=O)[O-].O=C(c1ccccc1)c1ccccc1[N+](=O)[O-]. The highest BCUT2D eigenvalue weighted by Crippen LogP contribution is 2.23. The van der Waals surface area contributed by atoms with E-state index in [0.717, 1.165) is 0 Å². The Balaban J connectivity index is 0.000000172. The summed E-state index contributed by atoms with van der Waals surface area (Å²) in [7, 11) is 0. The fraction of sp³-hybridized carbons (Fsp3) is 0. The molecule has 0 aliphatic heterocycles. The van der Waals surface area contributed by atoms with Crippen molar-refractivity contribution in [1.82, 2.24) is 0 Å². The van der Waals surface area contributed by atoms with Crippen molar-refractivity contribution in [2.45, 2.75) is 0 Å². The van der Waals surface area contributed by atoms with Crippen LogP contribution in [0.15, 0.2) is 164 Å². The average molecular weight is 682 g/mol. The van der Waals surface area contributed by atoms with Gasteiger partial charge < -0.3 is 0 Å². The molecule has 0 fully saturated rings. The predicted octanol–water partition coefficient (Wildman–Crippen LogP) is 8.48.